The van der Waals surface area contributed by atoms with E-state index in [1.165, 1.54) is 33.7 Å². The average Bonchev–Trinajstić information content (AvgIpc) is 2.29. The lowest BCUT2D eigenvalue weighted by Gasteiger charge is -2.30. The highest BCUT2D eigenvalue weighted by Crippen LogP contribution is 2.38. The molecule has 0 radical (unpaired) electrons. The largest absolute Gasteiger partial charge is 0.363 e. The minimum atomic E-state index is 0.442. The lowest BCUT2D eigenvalue weighted by atomic mass is 9.80. The van der Waals surface area contributed by atoms with Gasteiger partial charge in [-0.25, -0.2) is 0 Å². The summed E-state index contributed by atoms with van der Waals surface area (Å²) >= 11 is 0. The van der Waals surface area contributed by atoms with Crippen molar-refractivity contribution in [3.63, 3.8) is 0 Å². The molecule has 0 aromatic heterocycles. The van der Waals surface area contributed by atoms with Crippen molar-refractivity contribution in [1.82, 2.24) is 5.32 Å². The fraction of sp³-hybridized carbons (Fsp3) is 0.375. The molecule has 90 valence electrons. The number of rotatable bonds is 1. The van der Waals surface area contributed by atoms with Crippen LogP contribution in [-0.2, 0) is 0 Å². The van der Waals surface area contributed by atoms with Gasteiger partial charge in [-0.05, 0) is 56.9 Å². The first-order chi connectivity index (χ1) is 8.02. The van der Waals surface area contributed by atoms with Crippen molar-refractivity contribution in [3.8, 4) is 0 Å². The second kappa shape index (κ2) is 4.40. The molecule has 1 aromatic rings. The maximum absolute atomic E-state index is 3.46. The molecule has 0 bridgehead atoms. The summed E-state index contributed by atoms with van der Waals surface area (Å²) in [5.41, 5.74) is 8.26. The first kappa shape index (κ1) is 12.0. The van der Waals surface area contributed by atoms with Crippen molar-refractivity contribution in [3.05, 3.63) is 57.9 Å². The molecule has 0 saturated heterocycles. The topological polar surface area (TPSA) is 12.0 Å². The van der Waals surface area contributed by atoms with Crippen LogP contribution in [0.3, 0.4) is 0 Å². The molecule has 2 rings (SSSR count). The van der Waals surface area contributed by atoms with Crippen molar-refractivity contribution >= 4 is 0 Å². The van der Waals surface area contributed by atoms with E-state index < -0.39 is 0 Å². The van der Waals surface area contributed by atoms with Crippen molar-refractivity contribution in [2.45, 2.75) is 40.5 Å². The van der Waals surface area contributed by atoms with E-state index in [4.69, 9.17) is 0 Å². The van der Waals surface area contributed by atoms with Crippen LogP contribution in [0, 0.1) is 6.92 Å². The van der Waals surface area contributed by atoms with E-state index in [9.17, 15) is 0 Å². The highest BCUT2D eigenvalue weighted by molar-refractivity contribution is 5.46. The van der Waals surface area contributed by atoms with Crippen molar-refractivity contribution in [1.29, 1.82) is 0 Å². The molecule has 1 aromatic carbocycles. The molecule has 1 heterocycles. The fourth-order valence-corrected chi connectivity index (χ4v) is 2.61. The van der Waals surface area contributed by atoms with E-state index in [2.05, 4.69) is 64.2 Å². The number of allylic oxidation sites excluding steroid dienone is 4. The smallest absolute Gasteiger partial charge is 0.0294 e. The summed E-state index contributed by atoms with van der Waals surface area (Å²) < 4.78 is 0. The van der Waals surface area contributed by atoms with Gasteiger partial charge in [0, 0.05) is 17.3 Å². The van der Waals surface area contributed by atoms with Crippen LogP contribution in [0.4, 0.5) is 0 Å². The van der Waals surface area contributed by atoms with Crippen molar-refractivity contribution in [2.75, 3.05) is 0 Å². The Balaban J connectivity index is 2.57. The van der Waals surface area contributed by atoms with E-state index in [-0.39, 0.29) is 0 Å². The Hall–Kier alpha value is -1.50. The minimum absolute atomic E-state index is 0.442. The van der Waals surface area contributed by atoms with Gasteiger partial charge >= 0.3 is 0 Å². The van der Waals surface area contributed by atoms with Gasteiger partial charge in [-0.2, -0.15) is 0 Å². The Morgan fingerprint density at radius 2 is 1.35 bits per heavy atom. The van der Waals surface area contributed by atoms with Crippen LogP contribution in [0.15, 0.2) is 46.8 Å². The number of dihydropyridines is 1. The Bertz CT molecular complexity index is 482. The fourth-order valence-electron chi connectivity index (χ4n) is 2.61. The molecule has 0 saturated carbocycles. The molecule has 0 atom stereocenters. The molecular weight excluding hydrogens is 206 g/mol. The van der Waals surface area contributed by atoms with E-state index >= 15 is 0 Å². The second-order valence-electron chi connectivity index (χ2n) is 5.03. The number of aryl methyl sites for hydroxylation is 1. The van der Waals surface area contributed by atoms with E-state index in [0.29, 0.717) is 5.92 Å². The van der Waals surface area contributed by atoms with Crippen LogP contribution < -0.4 is 5.32 Å². The molecule has 1 aliphatic heterocycles. The Morgan fingerprint density at radius 1 is 0.824 bits per heavy atom. The van der Waals surface area contributed by atoms with Crippen LogP contribution in [0.25, 0.3) is 0 Å². The maximum Gasteiger partial charge on any atom is 0.0294 e. The third-order valence-corrected chi connectivity index (χ3v) is 3.92. The van der Waals surface area contributed by atoms with Gasteiger partial charge in [0.25, 0.3) is 0 Å². The lowest BCUT2D eigenvalue weighted by Crippen LogP contribution is -2.22. The molecule has 0 spiro atoms. The van der Waals surface area contributed by atoms with Gasteiger partial charge in [-0.3, -0.25) is 0 Å². The lowest BCUT2D eigenvalue weighted by molar-refractivity contribution is 0.769. The van der Waals surface area contributed by atoms with E-state index in [1.807, 2.05) is 0 Å². The molecule has 1 heteroatoms. The number of hydrogen-bond acceptors (Lipinski definition) is 1. The number of nitrogens with one attached hydrogen (secondary N) is 1. The van der Waals surface area contributed by atoms with Gasteiger partial charge < -0.3 is 5.32 Å². The summed E-state index contributed by atoms with van der Waals surface area (Å²) in [5.74, 6) is 0.442. The van der Waals surface area contributed by atoms with Crippen molar-refractivity contribution < 1.29 is 0 Å². The van der Waals surface area contributed by atoms with E-state index in [0.717, 1.165) is 0 Å². The minimum Gasteiger partial charge on any atom is -0.363 e. The molecule has 1 N–H and O–H groups in total. The van der Waals surface area contributed by atoms with Crippen LogP contribution in [-0.4, -0.2) is 0 Å². The van der Waals surface area contributed by atoms with Gasteiger partial charge in [0.15, 0.2) is 0 Å². The Morgan fingerprint density at radius 3 is 1.88 bits per heavy atom. The average molecular weight is 227 g/mol. The highest BCUT2D eigenvalue weighted by Gasteiger charge is 2.24. The predicted octanol–water partition coefficient (Wildman–Crippen LogP) is 4.27. The maximum atomic E-state index is 3.46. The zero-order chi connectivity index (χ0) is 12.6. The molecule has 0 fully saturated rings. The highest BCUT2D eigenvalue weighted by atomic mass is 14.9. The Labute approximate surface area is 104 Å². The summed E-state index contributed by atoms with van der Waals surface area (Å²) in [6.07, 6.45) is 0. The van der Waals surface area contributed by atoms with E-state index in [1.54, 1.807) is 0 Å². The molecule has 1 nitrogen and oxygen atoms in total. The predicted molar refractivity (Wildman–Crippen MR) is 73.8 cm³/mol. The van der Waals surface area contributed by atoms with Crippen LogP contribution in [0.2, 0.25) is 0 Å². The summed E-state index contributed by atoms with van der Waals surface area (Å²) in [4.78, 5) is 0. The molecule has 0 unspecified atom stereocenters. The molecule has 0 aliphatic carbocycles. The first-order valence-corrected chi connectivity index (χ1v) is 6.19. The standard InChI is InChI=1S/C16H21N/c1-10-8-6-7-9-15(10)16-11(2)13(4)17-14(5)12(16)3/h6-9,16-17H,1-5H3. The summed E-state index contributed by atoms with van der Waals surface area (Å²) in [5, 5.41) is 3.46. The van der Waals surface area contributed by atoms with Crippen LogP contribution in [0.5, 0.6) is 0 Å². The number of hydrogen-bond donors (Lipinski definition) is 1. The van der Waals surface area contributed by atoms with Crippen LogP contribution >= 0.6 is 0 Å². The third-order valence-electron chi connectivity index (χ3n) is 3.92. The summed E-state index contributed by atoms with van der Waals surface area (Å²) in [6.45, 7) is 11.0. The normalized spacial score (nSPS) is 17.5. The van der Waals surface area contributed by atoms with Gasteiger partial charge in [-0.1, -0.05) is 24.3 Å². The van der Waals surface area contributed by atoms with Gasteiger partial charge in [0.05, 0.1) is 0 Å². The quantitative estimate of drug-likeness (QED) is 0.755. The van der Waals surface area contributed by atoms with Gasteiger partial charge in [0.1, 0.15) is 0 Å². The van der Waals surface area contributed by atoms with Gasteiger partial charge in [-0.15, -0.1) is 0 Å². The monoisotopic (exact) mass is 227 g/mol. The molecule has 17 heavy (non-hydrogen) atoms. The zero-order valence-corrected chi connectivity index (χ0v) is 11.4. The molecule has 0 amide bonds. The van der Waals surface area contributed by atoms with Gasteiger partial charge in [0.2, 0.25) is 0 Å². The van der Waals surface area contributed by atoms with Crippen molar-refractivity contribution in [2.24, 2.45) is 0 Å². The second-order valence-corrected chi connectivity index (χ2v) is 5.03. The summed E-state index contributed by atoms with van der Waals surface area (Å²) in [7, 11) is 0. The zero-order valence-electron chi connectivity index (χ0n) is 11.4. The third kappa shape index (κ3) is 2.02. The molecular formula is C16H21N. The van der Waals surface area contributed by atoms with Crippen LogP contribution in [0.1, 0.15) is 44.7 Å². The summed E-state index contributed by atoms with van der Waals surface area (Å²) in [6, 6.07) is 8.69. The number of benzene rings is 1. The Kier molecular flexibility index (Phi) is 3.10. The SMILES string of the molecule is CC1=C(C)C(c2ccccc2C)C(C)=C(C)N1. The first-order valence-electron chi connectivity index (χ1n) is 6.19. The molecule has 1 aliphatic rings.